The third kappa shape index (κ3) is 22.7. The van der Waals surface area contributed by atoms with Crippen LogP contribution in [0.25, 0.3) is 0 Å². The monoisotopic (exact) mass is 330 g/mol. The highest BCUT2D eigenvalue weighted by Crippen LogP contribution is 1.95. The Hall–Kier alpha value is -0.440. The molecule has 0 fully saturated rings. The number of carbonyl (C=O) groups is 2. The van der Waals surface area contributed by atoms with Crippen LogP contribution in [-0.4, -0.2) is 50.2 Å². The Morgan fingerprint density at radius 2 is 1.25 bits per heavy atom. The summed E-state index contributed by atoms with van der Waals surface area (Å²) in [5.74, 6) is -1.37. The second-order valence-corrected chi connectivity index (χ2v) is 4.84. The van der Waals surface area contributed by atoms with Crippen molar-refractivity contribution in [1.29, 1.82) is 0 Å². The van der Waals surface area contributed by atoms with Crippen LogP contribution in [0.15, 0.2) is 0 Å². The molecule has 8 heteroatoms. The predicted molar refractivity (Wildman–Crippen MR) is 84.4 cm³/mol. The minimum absolute atomic E-state index is 0.316. The Labute approximate surface area is 131 Å². The van der Waals surface area contributed by atoms with Gasteiger partial charge in [-0.3, -0.25) is 9.59 Å². The number of rotatable bonds is 6. The molecule has 0 saturated carbocycles. The number of hydrogen-bond donors (Lipinski definition) is 6. The zero-order chi connectivity index (χ0) is 16.7. The van der Waals surface area contributed by atoms with E-state index in [0.717, 1.165) is 6.42 Å². The highest BCUT2D eigenvalue weighted by molar-refractivity contribution is 7.80. The highest BCUT2D eigenvalue weighted by atomic mass is 32.1. The smallest absolute Gasteiger partial charge is 0.307 e. The van der Waals surface area contributed by atoms with Crippen LogP contribution < -0.4 is 0 Å². The van der Waals surface area contributed by atoms with Gasteiger partial charge in [-0.25, -0.2) is 0 Å². The van der Waals surface area contributed by atoms with Crippen LogP contribution in [0.1, 0.15) is 33.6 Å². The lowest BCUT2D eigenvalue weighted by molar-refractivity contribution is -0.141. The summed E-state index contributed by atoms with van der Waals surface area (Å²) in [5, 5.41) is 32.5. The van der Waals surface area contributed by atoms with Crippen LogP contribution in [-0.2, 0) is 9.59 Å². The van der Waals surface area contributed by atoms with Gasteiger partial charge in [0.1, 0.15) is 0 Å². The molecule has 0 heterocycles. The number of aliphatic hydroxyl groups excluding tert-OH is 1. The third-order valence-corrected chi connectivity index (χ3v) is 3.03. The van der Waals surface area contributed by atoms with Gasteiger partial charge in [0, 0.05) is 11.5 Å². The number of hydrogen-bond acceptors (Lipinski definition) is 6. The Morgan fingerprint density at radius 3 is 1.25 bits per heavy atom. The van der Waals surface area contributed by atoms with Crippen LogP contribution in [0.5, 0.6) is 0 Å². The van der Waals surface area contributed by atoms with E-state index in [-0.39, 0.29) is 11.8 Å². The fraction of sp³-hybridized carbons (Fsp3) is 0.833. The summed E-state index contributed by atoms with van der Waals surface area (Å²) < 4.78 is 0. The first-order valence-corrected chi connectivity index (χ1v) is 7.43. The molecule has 6 nitrogen and oxygen atoms in total. The van der Waals surface area contributed by atoms with Crippen molar-refractivity contribution in [3.05, 3.63) is 0 Å². The Kier molecular flexibility index (Phi) is 20.4. The van der Waals surface area contributed by atoms with E-state index in [4.69, 9.17) is 20.4 Å². The molecule has 0 aliphatic rings. The predicted octanol–water partition coefficient (Wildman–Crippen LogP) is 1.37. The van der Waals surface area contributed by atoms with E-state index in [1.54, 1.807) is 13.8 Å². The maximum Gasteiger partial charge on any atom is 0.307 e. The van der Waals surface area contributed by atoms with E-state index in [9.17, 15) is 9.59 Å². The molecule has 0 rings (SSSR count). The number of aliphatic hydroxyl groups is 2. The summed E-state index contributed by atoms with van der Waals surface area (Å²) in [7, 11) is 0. The standard InChI is InChI=1S/2C4H8O2S.C4H10O2/c2*1-3(2-7)4(5)6;1-2-3-4(5)6/h2*3,7H,2H2,1H3,(H,5,6);4-6H,2-3H2,1H3. The Morgan fingerprint density at radius 1 is 0.950 bits per heavy atom. The molecule has 20 heavy (non-hydrogen) atoms. The molecule has 0 radical (unpaired) electrons. The lowest BCUT2D eigenvalue weighted by atomic mass is 10.2. The Bertz CT molecular complexity index is 228. The second-order valence-electron chi connectivity index (χ2n) is 4.11. The van der Waals surface area contributed by atoms with Crippen molar-refractivity contribution in [3.63, 3.8) is 0 Å². The van der Waals surface area contributed by atoms with Crippen molar-refractivity contribution < 1.29 is 30.0 Å². The molecule has 2 atom stereocenters. The van der Waals surface area contributed by atoms with Crippen LogP contribution in [0.2, 0.25) is 0 Å². The molecule has 0 aromatic rings. The number of carboxylic acid groups (broad SMARTS) is 2. The summed E-state index contributed by atoms with van der Waals surface area (Å²) >= 11 is 7.55. The highest BCUT2D eigenvalue weighted by Gasteiger charge is 2.06. The fourth-order valence-corrected chi connectivity index (χ4v) is 0.727. The quantitative estimate of drug-likeness (QED) is 0.324. The van der Waals surface area contributed by atoms with E-state index in [1.165, 1.54) is 0 Å². The van der Waals surface area contributed by atoms with Crippen LogP contribution in [0.4, 0.5) is 0 Å². The maximum absolute atomic E-state index is 9.88. The van der Waals surface area contributed by atoms with Gasteiger partial charge in [-0.2, -0.15) is 25.3 Å². The van der Waals surface area contributed by atoms with Crippen molar-refractivity contribution in [2.75, 3.05) is 11.5 Å². The van der Waals surface area contributed by atoms with Crippen LogP contribution >= 0.6 is 25.3 Å². The van der Waals surface area contributed by atoms with Crippen LogP contribution in [0.3, 0.4) is 0 Å². The van der Waals surface area contributed by atoms with Crippen LogP contribution in [0, 0.1) is 11.8 Å². The molecule has 4 N–H and O–H groups in total. The molecule has 0 amide bonds. The number of aliphatic carboxylic acids is 2. The second kappa shape index (κ2) is 16.6. The molecule has 0 spiro atoms. The van der Waals surface area contributed by atoms with Gasteiger partial charge in [-0.1, -0.05) is 27.2 Å². The molecule has 0 bridgehead atoms. The minimum atomic E-state index is -1.10. The SMILES string of the molecule is CC(CS)C(=O)O.CC(CS)C(=O)O.CCCC(O)O. The normalized spacial score (nSPS) is 12.4. The largest absolute Gasteiger partial charge is 0.481 e. The van der Waals surface area contributed by atoms with Gasteiger partial charge in [-0.05, 0) is 6.42 Å². The number of thiol groups is 2. The van der Waals surface area contributed by atoms with Crippen molar-refractivity contribution in [2.45, 2.75) is 39.9 Å². The summed E-state index contributed by atoms with van der Waals surface area (Å²) in [4.78, 5) is 19.8. The van der Waals surface area contributed by atoms with E-state index in [2.05, 4.69) is 25.3 Å². The van der Waals surface area contributed by atoms with Crippen molar-refractivity contribution >= 4 is 37.2 Å². The molecule has 0 aliphatic carbocycles. The first-order chi connectivity index (χ1) is 9.13. The van der Waals surface area contributed by atoms with Crippen molar-refractivity contribution in [3.8, 4) is 0 Å². The number of carboxylic acids is 2. The van der Waals surface area contributed by atoms with Crippen molar-refractivity contribution in [2.24, 2.45) is 11.8 Å². The summed E-state index contributed by atoms with van der Waals surface area (Å²) in [6.45, 7) is 5.14. The first kappa shape index (κ1) is 24.6. The van der Waals surface area contributed by atoms with E-state index < -0.39 is 18.2 Å². The summed E-state index contributed by atoms with van der Waals surface area (Å²) in [5.41, 5.74) is 0. The van der Waals surface area contributed by atoms with Gasteiger partial charge in [0.25, 0.3) is 0 Å². The van der Waals surface area contributed by atoms with E-state index in [1.807, 2.05) is 6.92 Å². The lowest BCUT2D eigenvalue weighted by Gasteiger charge is -1.95. The van der Waals surface area contributed by atoms with Gasteiger partial charge in [0.15, 0.2) is 6.29 Å². The van der Waals surface area contributed by atoms with Gasteiger partial charge in [0.05, 0.1) is 11.8 Å². The zero-order valence-electron chi connectivity index (χ0n) is 12.1. The molecular weight excluding hydrogens is 304 g/mol. The molecular formula is C12H26O6S2. The van der Waals surface area contributed by atoms with Gasteiger partial charge < -0.3 is 20.4 Å². The van der Waals surface area contributed by atoms with E-state index in [0.29, 0.717) is 17.9 Å². The topological polar surface area (TPSA) is 115 Å². The summed E-state index contributed by atoms with van der Waals surface area (Å²) in [6, 6.07) is 0. The average molecular weight is 330 g/mol. The molecule has 0 aromatic carbocycles. The van der Waals surface area contributed by atoms with Crippen molar-refractivity contribution in [1.82, 2.24) is 0 Å². The molecule has 0 aromatic heterocycles. The van der Waals surface area contributed by atoms with Gasteiger partial charge >= 0.3 is 11.9 Å². The maximum atomic E-state index is 9.88. The fourth-order valence-electron chi connectivity index (χ4n) is 0.414. The Balaban J connectivity index is -0.000000218. The summed E-state index contributed by atoms with van der Waals surface area (Å²) in [6.07, 6.45) is 0.215. The van der Waals surface area contributed by atoms with E-state index >= 15 is 0 Å². The molecule has 0 saturated heterocycles. The van der Waals surface area contributed by atoms with Gasteiger partial charge in [-0.15, -0.1) is 0 Å². The molecule has 0 aliphatic heterocycles. The molecule has 2 unspecified atom stereocenters. The zero-order valence-corrected chi connectivity index (χ0v) is 13.8. The first-order valence-electron chi connectivity index (χ1n) is 6.17. The lowest BCUT2D eigenvalue weighted by Crippen LogP contribution is -2.09. The average Bonchev–Trinajstić information content (AvgIpc) is 2.37. The minimum Gasteiger partial charge on any atom is -0.481 e. The van der Waals surface area contributed by atoms with Gasteiger partial charge in [0.2, 0.25) is 0 Å². The molecule has 122 valence electrons. The third-order valence-electron chi connectivity index (χ3n) is 1.94.